The van der Waals surface area contributed by atoms with Crippen LogP contribution >= 0.6 is 11.8 Å². The Morgan fingerprint density at radius 1 is 1.18 bits per heavy atom. The van der Waals surface area contributed by atoms with Gasteiger partial charge in [-0.2, -0.15) is 0 Å². The van der Waals surface area contributed by atoms with Crippen molar-refractivity contribution in [2.45, 2.75) is 36.7 Å². The molecule has 1 aromatic heterocycles. The van der Waals surface area contributed by atoms with Crippen LogP contribution in [0.5, 0.6) is 0 Å². The van der Waals surface area contributed by atoms with Crippen molar-refractivity contribution in [3.63, 3.8) is 0 Å². The van der Waals surface area contributed by atoms with E-state index in [-0.39, 0.29) is 23.0 Å². The molecule has 0 radical (unpaired) electrons. The van der Waals surface area contributed by atoms with E-state index < -0.39 is 0 Å². The molecule has 4 rings (SSSR count). The molecule has 0 N–H and O–H groups in total. The van der Waals surface area contributed by atoms with Gasteiger partial charge in [0.15, 0.2) is 11.0 Å². The number of hydrogen-bond donors (Lipinski definition) is 0. The zero-order valence-electron chi connectivity index (χ0n) is 16.0. The number of fused-ring (bicyclic) bond motifs is 1. The predicted molar refractivity (Wildman–Crippen MR) is 109 cm³/mol. The molecule has 0 spiro atoms. The Balaban J connectivity index is 1.56. The van der Waals surface area contributed by atoms with Gasteiger partial charge in [0.05, 0.1) is 10.8 Å². The van der Waals surface area contributed by atoms with Crippen LogP contribution in [0.25, 0.3) is 11.4 Å². The van der Waals surface area contributed by atoms with Gasteiger partial charge >= 0.3 is 0 Å². The van der Waals surface area contributed by atoms with Crippen molar-refractivity contribution in [3.8, 4) is 11.4 Å². The minimum atomic E-state index is -0.346. The average Bonchev–Trinajstić information content (AvgIpc) is 3.21. The summed E-state index contributed by atoms with van der Waals surface area (Å²) < 4.78 is 15.8. The molecule has 1 aliphatic rings. The van der Waals surface area contributed by atoms with Gasteiger partial charge in [0, 0.05) is 18.8 Å². The van der Waals surface area contributed by atoms with E-state index in [9.17, 15) is 9.18 Å². The Kier molecular flexibility index (Phi) is 4.93. The van der Waals surface area contributed by atoms with Crippen LogP contribution in [0.2, 0.25) is 0 Å². The first-order chi connectivity index (χ1) is 13.5. The summed E-state index contributed by atoms with van der Waals surface area (Å²) in [7, 11) is 1.79. The predicted octanol–water partition coefficient (Wildman–Crippen LogP) is 4.08. The van der Waals surface area contributed by atoms with Crippen molar-refractivity contribution in [3.05, 3.63) is 59.9 Å². The number of nitrogens with zero attached hydrogens (tertiary/aromatic N) is 4. The second-order valence-corrected chi connectivity index (χ2v) is 8.30. The number of hydrogen-bond acceptors (Lipinski definition) is 4. The number of carbonyl (C=O) groups excluding carboxylic acids is 1. The standard InChI is InChI=1S/C21H21FN4OS/c1-13-12-15-8-4-7-11-18(15)26(13)20(27)14(2)28-21-24-23-19(25(21)3)16-9-5-6-10-17(16)22/h4-11,13-14H,12H2,1-3H3/t13-,14-/m0/s1. The first-order valence-corrected chi connectivity index (χ1v) is 10.1. The lowest BCUT2D eigenvalue weighted by Crippen LogP contribution is -2.40. The molecule has 0 unspecified atom stereocenters. The van der Waals surface area contributed by atoms with E-state index in [1.165, 1.54) is 23.4 Å². The molecule has 0 saturated heterocycles. The topological polar surface area (TPSA) is 51.0 Å². The van der Waals surface area contributed by atoms with E-state index in [0.29, 0.717) is 16.5 Å². The lowest BCUT2D eigenvalue weighted by molar-refractivity contribution is -0.118. The maximum absolute atomic E-state index is 14.1. The van der Waals surface area contributed by atoms with Crippen LogP contribution in [0.1, 0.15) is 19.4 Å². The molecular weight excluding hydrogens is 375 g/mol. The Hall–Kier alpha value is -2.67. The van der Waals surface area contributed by atoms with Gasteiger partial charge in [-0.05, 0) is 44.0 Å². The van der Waals surface area contributed by atoms with Crippen molar-refractivity contribution < 1.29 is 9.18 Å². The largest absolute Gasteiger partial charge is 0.308 e. The molecule has 2 aromatic carbocycles. The van der Waals surface area contributed by atoms with Crippen molar-refractivity contribution in [1.82, 2.24) is 14.8 Å². The molecule has 0 bridgehead atoms. The first-order valence-electron chi connectivity index (χ1n) is 9.19. The summed E-state index contributed by atoms with van der Waals surface area (Å²) in [5.74, 6) is 0.138. The Morgan fingerprint density at radius 2 is 1.89 bits per heavy atom. The van der Waals surface area contributed by atoms with Crippen molar-refractivity contribution in [2.75, 3.05) is 4.90 Å². The van der Waals surface area contributed by atoms with Crippen LogP contribution in [0, 0.1) is 5.82 Å². The summed E-state index contributed by atoms with van der Waals surface area (Å²) in [6.45, 7) is 3.94. The van der Waals surface area contributed by atoms with Gasteiger partial charge in [-0.3, -0.25) is 4.79 Å². The van der Waals surface area contributed by atoms with E-state index in [2.05, 4.69) is 23.2 Å². The number of amides is 1. The zero-order valence-corrected chi connectivity index (χ0v) is 16.8. The van der Waals surface area contributed by atoms with Gasteiger partial charge in [-0.25, -0.2) is 4.39 Å². The third-order valence-electron chi connectivity index (χ3n) is 5.02. The van der Waals surface area contributed by atoms with E-state index in [1.54, 1.807) is 29.8 Å². The second kappa shape index (κ2) is 7.39. The molecule has 144 valence electrons. The number of para-hydroxylation sites is 1. The summed E-state index contributed by atoms with van der Waals surface area (Å²) in [4.78, 5) is 15.0. The van der Waals surface area contributed by atoms with Gasteiger partial charge in [0.1, 0.15) is 5.82 Å². The highest BCUT2D eigenvalue weighted by molar-refractivity contribution is 8.00. The van der Waals surface area contributed by atoms with E-state index in [1.807, 2.05) is 30.0 Å². The third-order valence-corrected chi connectivity index (χ3v) is 6.15. The summed E-state index contributed by atoms with van der Waals surface area (Å²) in [6.07, 6.45) is 0.862. The Labute approximate surface area is 167 Å². The molecule has 7 heteroatoms. The van der Waals surface area contributed by atoms with Gasteiger partial charge in [0.25, 0.3) is 0 Å². The monoisotopic (exact) mass is 396 g/mol. The molecule has 2 heterocycles. The summed E-state index contributed by atoms with van der Waals surface area (Å²) in [6, 6.07) is 14.6. The fraction of sp³-hybridized carbons (Fsp3) is 0.286. The second-order valence-electron chi connectivity index (χ2n) is 7.00. The van der Waals surface area contributed by atoms with Crippen LogP contribution in [-0.2, 0) is 18.3 Å². The molecule has 5 nitrogen and oxygen atoms in total. The van der Waals surface area contributed by atoms with Crippen molar-refractivity contribution in [1.29, 1.82) is 0 Å². The highest BCUT2D eigenvalue weighted by atomic mass is 32.2. The van der Waals surface area contributed by atoms with Gasteiger partial charge in [-0.15, -0.1) is 10.2 Å². The van der Waals surface area contributed by atoms with E-state index >= 15 is 0 Å². The number of rotatable bonds is 4. The Bertz CT molecular complexity index is 1030. The highest BCUT2D eigenvalue weighted by Crippen LogP contribution is 2.35. The molecular formula is C21H21FN4OS. The number of halogens is 1. The van der Waals surface area contributed by atoms with Crippen LogP contribution in [0.3, 0.4) is 0 Å². The number of carbonyl (C=O) groups is 1. The molecule has 28 heavy (non-hydrogen) atoms. The van der Waals surface area contributed by atoms with Crippen LogP contribution in [-0.4, -0.2) is 32.0 Å². The maximum Gasteiger partial charge on any atom is 0.240 e. The normalized spacial score (nSPS) is 16.9. The van der Waals surface area contributed by atoms with Crippen LogP contribution in [0.15, 0.2) is 53.7 Å². The summed E-state index contributed by atoms with van der Waals surface area (Å²) in [5.41, 5.74) is 2.57. The molecule has 2 atom stereocenters. The van der Waals surface area contributed by atoms with Crippen LogP contribution in [0.4, 0.5) is 10.1 Å². The minimum Gasteiger partial charge on any atom is -0.308 e. The number of anilines is 1. The highest BCUT2D eigenvalue weighted by Gasteiger charge is 2.34. The summed E-state index contributed by atoms with van der Waals surface area (Å²) in [5, 5.41) is 8.56. The molecule has 1 amide bonds. The van der Waals surface area contributed by atoms with Crippen molar-refractivity contribution in [2.24, 2.45) is 7.05 Å². The molecule has 1 aliphatic heterocycles. The zero-order chi connectivity index (χ0) is 19.8. The molecule has 0 aliphatic carbocycles. The van der Waals surface area contributed by atoms with E-state index in [0.717, 1.165) is 12.1 Å². The van der Waals surface area contributed by atoms with Gasteiger partial charge in [-0.1, -0.05) is 42.1 Å². The number of thioether (sulfide) groups is 1. The SMILES string of the molecule is C[C@H](Sc1nnc(-c2ccccc2F)n1C)C(=O)N1c2ccccc2C[C@@H]1C. The Morgan fingerprint density at radius 3 is 2.68 bits per heavy atom. The fourth-order valence-corrected chi connectivity index (χ4v) is 4.46. The summed E-state index contributed by atoms with van der Waals surface area (Å²) >= 11 is 1.34. The molecule has 0 fully saturated rings. The van der Waals surface area contributed by atoms with Crippen LogP contribution < -0.4 is 4.90 Å². The van der Waals surface area contributed by atoms with Gasteiger partial charge in [0.2, 0.25) is 5.91 Å². The average molecular weight is 396 g/mol. The third kappa shape index (κ3) is 3.20. The smallest absolute Gasteiger partial charge is 0.240 e. The number of benzene rings is 2. The molecule has 0 saturated carbocycles. The van der Waals surface area contributed by atoms with Crippen molar-refractivity contribution >= 4 is 23.4 Å². The van der Waals surface area contributed by atoms with Gasteiger partial charge < -0.3 is 9.47 Å². The lowest BCUT2D eigenvalue weighted by atomic mass is 10.1. The minimum absolute atomic E-state index is 0.0397. The molecule has 3 aromatic rings. The quantitative estimate of drug-likeness (QED) is 0.624. The lowest BCUT2D eigenvalue weighted by Gasteiger charge is -2.25. The first kappa shape index (κ1) is 18.7. The van der Waals surface area contributed by atoms with E-state index in [4.69, 9.17) is 0 Å². The number of aromatic nitrogens is 3. The maximum atomic E-state index is 14.1. The fourth-order valence-electron chi connectivity index (χ4n) is 3.60.